The number of benzene rings is 2. The van der Waals surface area contributed by atoms with Crippen molar-refractivity contribution in [1.29, 1.82) is 0 Å². The molecule has 3 rings (SSSR count). The Morgan fingerprint density at radius 3 is 2.44 bits per heavy atom. The number of aromatic nitrogens is 1. The fraction of sp³-hybridized carbons (Fsp3) is 0.250. The molecule has 0 radical (unpaired) electrons. The zero-order valence-electron chi connectivity index (χ0n) is 15.4. The molecule has 0 atom stereocenters. The number of halogens is 1. The Bertz CT molecular complexity index is 1060. The van der Waals surface area contributed by atoms with Gasteiger partial charge in [0, 0.05) is 45.3 Å². The maximum absolute atomic E-state index is 12.9. The number of hydrogen-bond acceptors (Lipinski definition) is 4. The van der Waals surface area contributed by atoms with Gasteiger partial charge >= 0.3 is 0 Å². The fourth-order valence-electron chi connectivity index (χ4n) is 2.91. The second kappa shape index (κ2) is 6.70. The first-order valence-electron chi connectivity index (χ1n) is 8.31. The molecule has 0 fully saturated rings. The number of methoxy groups -OCH3 is 1. The number of nitro benzene ring substituents is 1. The Morgan fingerprint density at radius 1 is 1.15 bits per heavy atom. The molecule has 0 saturated carbocycles. The summed E-state index contributed by atoms with van der Waals surface area (Å²) in [6.45, 7) is 5.51. The first kappa shape index (κ1) is 18.9. The quantitative estimate of drug-likeness (QED) is 0.436. The van der Waals surface area contributed by atoms with Crippen LogP contribution in [0.5, 0.6) is 5.75 Å². The molecule has 1 heterocycles. The predicted molar refractivity (Wildman–Crippen MR) is 106 cm³/mol. The minimum absolute atomic E-state index is 0.0691. The van der Waals surface area contributed by atoms with E-state index in [1.165, 1.54) is 18.2 Å². The predicted octanol–water partition coefficient (Wildman–Crippen LogP) is 5.56. The Kier molecular flexibility index (Phi) is 4.70. The first-order valence-corrected chi connectivity index (χ1v) is 8.69. The van der Waals surface area contributed by atoms with E-state index in [4.69, 9.17) is 16.3 Å². The van der Waals surface area contributed by atoms with E-state index in [1.807, 2.05) is 20.8 Å². The summed E-state index contributed by atoms with van der Waals surface area (Å²) < 4.78 is 6.88. The number of carbonyl (C=O) groups excluding carboxylic acids is 1. The summed E-state index contributed by atoms with van der Waals surface area (Å²) >= 11 is 6.34. The van der Waals surface area contributed by atoms with Crippen molar-refractivity contribution in [2.75, 3.05) is 7.11 Å². The molecule has 0 unspecified atom stereocenters. The van der Waals surface area contributed by atoms with E-state index in [2.05, 4.69) is 0 Å². The van der Waals surface area contributed by atoms with Crippen LogP contribution in [0.4, 0.5) is 5.69 Å². The van der Waals surface area contributed by atoms with E-state index in [0.717, 1.165) is 5.39 Å². The molecule has 140 valence electrons. The van der Waals surface area contributed by atoms with E-state index in [0.29, 0.717) is 27.4 Å². The second-order valence-electron chi connectivity index (χ2n) is 7.27. The van der Waals surface area contributed by atoms with Crippen molar-refractivity contribution in [1.82, 2.24) is 4.57 Å². The molecular formula is C20H19ClN2O4. The maximum atomic E-state index is 12.9. The molecule has 6 nitrogen and oxygen atoms in total. The molecule has 0 aliphatic carbocycles. The van der Waals surface area contributed by atoms with Gasteiger partial charge in [0.1, 0.15) is 5.75 Å². The van der Waals surface area contributed by atoms with Gasteiger partial charge in [-0.1, -0.05) is 32.4 Å². The lowest BCUT2D eigenvalue weighted by molar-refractivity contribution is -0.384. The van der Waals surface area contributed by atoms with Crippen molar-refractivity contribution in [3.05, 3.63) is 57.7 Å². The SMILES string of the molecule is COc1ccc2c(c1)c(-c1cc([N+](=O)[O-])ccc1Cl)cn2C(=O)C(C)(C)C. The van der Waals surface area contributed by atoms with Gasteiger partial charge in [0.2, 0.25) is 5.91 Å². The molecule has 0 spiro atoms. The van der Waals surface area contributed by atoms with Gasteiger partial charge in [-0.3, -0.25) is 19.5 Å². The molecule has 0 aliphatic heterocycles. The molecule has 1 aromatic heterocycles. The molecule has 0 N–H and O–H groups in total. The number of nitrogens with zero attached hydrogens (tertiary/aromatic N) is 2. The van der Waals surface area contributed by atoms with Crippen LogP contribution in [0, 0.1) is 15.5 Å². The third-order valence-electron chi connectivity index (χ3n) is 4.32. The van der Waals surface area contributed by atoms with E-state index in [1.54, 1.807) is 36.1 Å². The smallest absolute Gasteiger partial charge is 0.270 e. The van der Waals surface area contributed by atoms with Crippen molar-refractivity contribution in [2.45, 2.75) is 20.8 Å². The summed E-state index contributed by atoms with van der Waals surface area (Å²) in [5.74, 6) is 0.525. The Hall–Kier alpha value is -2.86. The summed E-state index contributed by atoms with van der Waals surface area (Å²) in [5, 5.41) is 12.3. The summed E-state index contributed by atoms with van der Waals surface area (Å²) in [6.07, 6.45) is 1.68. The van der Waals surface area contributed by atoms with Gasteiger partial charge in [0.15, 0.2) is 0 Å². The normalized spacial score (nSPS) is 11.6. The van der Waals surface area contributed by atoms with E-state index >= 15 is 0 Å². The van der Waals surface area contributed by atoms with Crippen LogP contribution in [0.25, 0.3) is 22.0 Å². The third-order valence-corrected chi connectivity index (χ3v) is 4.65. The first-order chi connectivity index (χ1) is 12.6. The van der Waals surface area contributed by atoms with Crippen LogP contribution in [0.15, 0.2) is 42.6 Å². The van der Waals surface area contributed by atoms with Crippen LogP contribution in [-0.2, 0) is 0 Å². The molecule has 0 saturated heterocycles. The van der Waals surface area contributed by atoms with Gasteiger partial charge in [-0.25, -0.2) is 0 Å². The molecular weight excluding hydrogens is 368 g/mol. The van der Waals surface area contributed by atoms with Crippen LogP contribution in [0.2, 0.25) is 5.02 Å². The topological polar surface area (TPSA) is 74.4 Å². The third kappa shape index (κ3) is 3.40. The van der Waals surface area contributed by atoms with Gasteiger partial charge in [-0.15, -0.1) is 0 Å². The molecule has 2 aromatic carbocycles. The van der Waals surface area contributed by atoms with Gasteiger partial charge in [0.05, 0.1) is 17.5 Å². The molecule has 0 bridgehead atoms. The van der Waals surface area contributed by atoms with E-state index in [-0.39, 0.29) is 11.6 Å². The zero-order chi connectivity index (χ0) is 19.9. The zero-order valence-corrected chi connectivity index (χ0v) is 16.2. The van der Waals surface area contributed by atoms with E-state index in [9.17, 15) is 14.9 Å². The van der Waals surface area contributed by atoms with Crippen LogP contribution in [-0.4, -0.2) is 22.5 Å². The highest BCUT2D eigenvalue weighted by Gasteiger charge is 2.26. The Labute approximate surface area is 161 Å². The van der Waals surface area contributed by atoms with Gasteiger partial charge < -0.3 is 4.74 Å². The lowest BCUT2D eigenvalue weighted by Gasteiger charge is -2.17. The minimum atomic E-state index is -0.602. The Morgan fingerprint density at radius 2 is 1.85 bits per heavy atom. The molecule has 7 heteroatoms. The van der Waals surface area contributed by atoms with Crippen LogP contribution in [0.3, 0.4) is 0 Å². The number of carbonyl (C=O) groups is 1. The summed E-state index contributed by atoms with van der Waals surface area (Å²) in [6, 6.07) is 9.63. The summed E-state index contributed by atoms with van der Waals surface area (Å²) in [7, 11) is 1.55. The molecule has 0 aliphatic rings. The number of hydrogen-bond donors (Lipinski definition) is 0. The minimum Gasteiger partial charge on any atom is -0.497 e. The van der Waals surface area contributed by atoms with E-state index < -0.39 is 10.3 Å². The van der Waals surface area contributed by atoms with Crippen LogP contribution >= 0.6 is 11.6 Å². The largest absolute Gasteiger partial charge is 0.497 e. The summed E-state index contributed by atoms with van der Waals surface area (Å²) in [5.41, 5.74) is 1.14. The highest BCUT2D eigenvalue weighted by atomic mass is 35.5. The second-order valence-corrected chi connectivity index (χ2v) is 7.68. The standard InChI is InChI=1S/C20H19ClN2O4/c1-20(2,3)19(24)22-11-16(15-10-13(27-4)6-8-18(15)22)14-9-12(23(25)26)5-7-17(14)21/h5-11H,1-4H3. The number of ether oxygens (including phenoxy) is 1. The van der Waals surface area contributed by atoms with Crippen LogP contribution in [0.1, 0.15) is 25.6 Å². The van der Waals surface area contributed by atoms with Gasteiger partial charge in [0.25, 0.3) is 5.69 Å². The number of rotatable bonds is 3. The maximum Gasteiger partial charge on any atom is 0.270 e. The van der Waals surface area contributed by atoms with Crippen molar-refractivity contribution < 1.29 is 14.5 Å². The number of nitro groups is 1. The van der Waals surface area contributed by atoms with Crippen molar-refractivity contribution in [3.8, 4) is 16.9 Å². The van der Waals surface area contributed by atoms with Crippen molar-refractivity contribution in [2.24, 2.45) is 5.41 Å². The van der Waals surface area contributed by atoms with Gasteiger partial charge in [-0.05, 0) is 24.3 Å². The fourth-order valence-corrected chi connectivity index (χ4v) is 3.13. The molecule has 0 amide bonds. The highest BCUT2D eigenvalue weighted by molar-refractivity contribution is 6.34. The average Bonchev–Trinajstić information content (AvgIpc) is 2.98. The monoisotopic (exact) mass is 386 g/mol. The van der Waals surface area contributed by atoms with Crippen molar-refractivity contribution in [3.63, 3.8) is 0 Å². The lowest BCUT2D eigenvalue weighted by atomic mass is 9.95. The number of fused-ring (bicyclic) bond motifs is 1. The lowest BCUT2D eigenvalue weighted by Crippen LogP contribution is -2.25. The van der Waals surface area contributed by atoms with Gasteiger partial charge in [-0.2, -0.15) is 0 Å². The molecule has 3 aromatic rings. The van der Waals surface area contributed by atoms with Crippen molar-refractivity contribution >= 4 is 34.1 Å². The van der Waals surface area contributed by atoms with Crippen LogP contribution < -0.4 is 4.74 Å². The Balaban J connectivity index is 2.35. The molecule has 27 heavy (non-hydrogen) atoms. The number of non-ortho nitro benzene ring substituents is 1. The summed E-state index contributed by atoms with van der Waals surface area (Å²) in [4.78, 5) is 23.6. The average molecular weight is 387 g/mol. The highest BCUT2D eigenvalue weighted by Crippen LogP contribution is 2.39.